The smallest absolute Gasteiger partial charge is 0.223 e. The summed E-state index contributed by atoms with van der Waals surface area (Å²) in [6, 6.07) is 22.5. The molecule has 0 bridgehead atoms. The average molecular weight is 432 g/mol. The van der Waals surface area contributed by atoms with Crippen molar-refractivity contribution in [2.45, 2.75) is 31.8 Å². The van der Waals surface area contributed by atoms with E-state index in [2.05, 4.69) is 47.4 Å². The average Bonchev–Trinajstić information content (AvgIpc) is 3.68. The number of fused-ring (bicyclic) bond motifs is 1. The molecule has 1 saturated carbocycles. The van der Waals surface area contributed by atoms with Gasteiger partial charge < -0.3 is 9.80 Å². The molecule has 3 aromatic rings. The number of piperazine rings is 1. The number of nitrogens with zero attached hydrogens (tertiary/aromatic N) is 3. The Labute approximate surface area is 189 Å². The monoisotopic (exact) mass is 431 g/mol. The topological polar surface area (TPSA) is 26.8 Å². The molecule has 5 heteroatoms. The first-order chi connectivity index (χ1) is 15.7. The normalized spacial score (nSPS) is 16.7. The standard InChI is InChI=1S/C27H30FN3O/c28-25-10-3-4-11-26(25)29-16-18-30(19-17-29)27(32)14-15-31(23-12-13-23)20-22-8-5-7-21-6-1-2-9-24(21)22/h1-11,23H,12-20H2. The Morgan fingerprint density at radius 1 is 0.906 bits per heavy atom. The van der Waals surface area contributed by atoms with E-state index in [1.54, 1.807) is 6.07 Å². The zero-order valence-electron chi connectivity index (χ0n) is 18.4. The first kappa shape index (κ1) is 21.0. The molecule has 1 amide bonds. The second-order valence-electron chi connectivity index (χ2n) is 8.91. The number of halogens is 1. The maximum Gasteiger partial charge on any atom is 0.223 e. The van der Waals surface area contributed by atoms with Crippen LogP contribution < -0.4 is 4.90 Å². The maximum atomic E-state index is 14.1. The van der Waals surface area contributed by atoms with Crippen LogP contribution in [0.5, 0.6) is 0 Å². The highest BCUT2D eigenvalue weighted by atomic mass is 19.1. The van der Waals surface area contributed by atoms with Crippen molar-refractivity contribution in [3.05, 3.63) is 78.1 Å². The van der Waals surface area contributed by atoms with Gasteiger partial charge in [-0.1, -0.05) is 54.6 Å². The second kappa shape index (κ2) is 9.29. The van der Waals surface area contributed by atoms with Crippen LogP contribution in [0.2, 0.25) is 0 Å². The van der Waals surface area contributed by atoms with Gasteiger partial charge in [-0.2, -0.15) is 0 Å². The van der Waals surface area contributed by atoms with Crippen LogP contribution in [0.15, 0.2) is 66.7 Å². The minimum atomic E-state index is -0.194. The predicted octanol–water partition coefficient (Wildman–Crippen LogP) is 4.68. The van der Waals surface area contributed by atoms with E-state index in [9.17, 15) is 9.18 Å². The van der Waals surface area contributed by atoms with Crippen LogP contribution in [0, 0.1) is 5.82 Å². The number of carbonyl (C=O) groups is 1. The highest BCUT2D eigenvalue weighted by Crippen LogP contribution is 2.30. The molecule has 3 aromatic carbocycles. The first-order valence-corrected chi connectivity index (χ1v) is 11.7. The Morgan fingerprint density at radius 3 is 2.41 bits per heavy atom. The molecule has 2 fully saturated rings. The zero-order chi connectivity index (χ0) is 21.9. The number of hydrogen-bond acceptors (Lipinski definition) is 3. The molecule has 1 aliphatic carbocycles. The van der Waals surface area contributed by atoms with Gasteiger partial charge in [0, 0.05) is 51.7 Å². The lowest BCUT2D eigenvalue weighted by Gasteiger charge is -2.36. The summed E-state index contributed by atoms with van der Waals surface area (Å²) in [4.78, 5) is 19.4. The fraction of sp³-hybridized carbons (Fsp3) is 0.370. The summed E-state index contributed by atoms with van der Waals surface area (Å²) in [6.45, 7) is 4.34. The van der Waals surface area contributed by atoms with E-state index in [1.807, 2.05) is 21.9 Å². The molecule has 2 aliphatic rings. The summed E-state index contributed by atoms with van der Waals surface area (Å²) in [5.74, 6) is 0.0162. The molecular weight excluding hydrogens is 401 g/mol. The number of benzene rings is 3. The van der Waals surface area contributed by atoms with Crippen molar-refractivity contribution >= 4 is 22.4 Å². The number of rotatable bonds is 7. The molecule has 0 spiro atoms. The van der Waals surface area contributed by atoms with Gasteiger partial charge in [0.1, 0.15) is 5.82 Å². The SMILES string of the molecule is O=C(CCN(Cc1cccc2ccccc12)C1CC1)N1CCN(c2ccccc2F)CC1. The van der Waals surface area contributed by atoms with E-state index in [0.29, 0.717) is 44.3 Å². The van der Waals surface area contributed by atoms with Gasteiger partial charge >= 0.3 is 0 Å². The summed E-state index contributed by atoms with van der Waals surface area (Å²) in [6.07, 6.45) is 2.99. The predicted molar refractivity (Wildman–Crippen MR) is 127 cm³/mol. The molecule has 166 valence electrons. The van der Waals surface area contributed by atoms with E-state index in [0.717, 1.165) is 13.1 Å². The van der Waals surface area contributed by atoms with Gasteiger partial charge in [0.05, 0.1) is 5.69 Å². The Morgan fingerprint density at radius 2 is 1.62 bits per heavy atom. The Hall–Kier alpha value is -2.92. The van der Waals surface area contributed by atoms with Gasteiger partial charge in [-0.3, -0.25) is 9.69 Å². The van der Waals surface area contributed by atoms with Crippen molar-refractivity contribution in [2.75, 3.05) is 37.6 Å². The molecule has 0 unspecified atom stereocenters. The lowest BCUT2D eigenvalue weighted by atomic mass is 10.0. The van der Waals surface area contributed by atoms with E-state index in [1.165, 1.54) is 35.2 Å². The fourth-order valence-electron chi connectivity index (χ4n) is 4.78. The Bertz CT molecular complexity index is 1080. The fourth-order valence-corrected chi connectivity index (χ4v) is 4.78. The molecule has 1 heterocycles. The van der Waals surface area contributed by atoms with Gasteiger partial charge in [0.25, 0.3) is 0 Å². The third kappa shape index (κ3) is 4.63. The molecular formula is C27H30FN3O. The van der Waals surface area contributed by atoms with Crippen molar-refractivity contribution < 1.29 is 9.18 Å². The Kier molecular flexibility index (Phi) is 6.08. The van der Waals surface area contributed by atoms with E-state index < -0.39 is 0 Å². The number of para-hydroxylation sites is 1. The second-order valence-corrected chi connectivity index (χ2v) is 8.91. The van der Waals surface area contributed by atoms with Gasteiger partial charge in [0.2, 0.25) is 5.91 Å². The van der Waals surface area contributed by atoms with Gasteiger partial charge in [-0.25, -0.2) is 4.39 Å². The summed E-state index contributed by atoms with van der Waals surface area (Å²) in [5.41, 5.74) is 1.97. The van der Waals surface area contributed by atoms with Gasteiger partial charge in [-0.15, -0.1) is 0 Å². The van der Waals surface area contributed by atoms with Crippen molar-refractivity contribution in [1.82, 2.24) is 9.80 Å². The lowest BCUT2D eigenvalue weighted by Crippen LogP contribution is -2.49. The maximum absolute atomic E-state index is 14.1. The zero-order valence-corrected chi connectivity index (χ0v) is 18.4. The molecule has 32 heavy (non-hydrogen) atoms. The number of hydrogen-bond donors (Lipinski definition) is 0. The largest absolute Gasteiger partial charge is 0.366 e. The van der Waals surface area contributed by atoms with E-state index in [4.69, 9.17) is 0 Å². The van der Waals surface area contributed by atoms with Crippen molar-refractivity contribution in [3.8, 4) is 0 Å². The lowest BCUT2D eigenvalue weighted by molar-refractivity contribution is -0.131. The molecule has 0 N–H and O–H groups in total. The number of carbonyl (C=O) groups excluding carboxylic acids is 1. The van der Waals surface area contributed by atoms with Gasteiger partial charge in [-0.05, 0) is 41.3 Å². The van der Waals surface area contributed by atoms with Crippen molar-refractivity contribution in [2.24, 2.45) is 0 Å². The summed E-state index contributed by atoms with van der Waals surface area (Å²) in [5, 5.41) is 2.57. The summed E-state index contributed by atoms with van der Waals surface area (Å²) in [7, 11) is 0. The van der Waals surface area contributed by atoms with Crippen LogP contribution in [-0.2, 0) is 11.3 Å². The van der Waals surface area contributed by atoms with E-state index in [-0.39, 0.29) is 11.7 Å². The highest BCUT2D eigenvalue weighted by Gasteiger charge is 2.30. The molecule has 1 aliphatic heterocycles. The van der Waals surface area contributed by atoms with Crippen LogP contribution in [0.1, 0.15) is 24.8 Å². The Balaban J connectivity index is 1.17. The summed E-state index contributed by atoms with van der Waals surface area (Å²) >= 11 is 0. The summed E-state index contributed by atoms with van der Waals surface area (Å²) < 4.78 is 14.1. The highest BCUT2D eigenvalue weighted by molar-refractivity contribution is 5.85. The third-order valence-corrected chi connectivity index (χ3v) is 6.76. The third-order valence-electron chi connectivity index (χ3n) is 6.76. The minimum Gasteiger partial charge on any atom is -0.366 e. The van der Waals surface area contributed by atoms with Crippen LogP contribution in [0.25, 0.3) is 10.8 Å². The number of anilines is 1. The van der Waals surface area contributed by atoms with Crippen molar-refractivity contribution in [1.29, 1.82) is 0 Å². The van der Waals surface area contributed by atoms with Crippen LogP contribution in [0.3, 0.4) is 0 Å². The molecule has 5 rings (SSSR count). The first-order valence-electron chi connectivity index (χ1n) is 11.7. The quantitative estimate of drug-likeness (QED) is 0.543. The van der Waals surface area contributed by atoms with Gasteiger partial charge in [0.15, 0.2) is 0 Å². The molecule has 1 saturated heterocycles. The molecule has 0 atom stereocenters. The van der Waals surface area contributed by atoms with Crippen LogP contribution in [-0.4, -0.2) is 54.5 Å². The van der Waals surface area contributed by atoms with Crippen LogP contribution in [0.4, 0.5) is 10.1 Å². The molecule has 0 radical (unpaired) electrons. The van der Waals surface area contributed by atoms with E-state index >= 15 is 0 Å². The molecule has 4 nitrogen and oxygen atoms in total. The van der Waals surface area contributed by atoms with Crippen molar-refractivity contribution in [3.63, 3.8) is 0 Å². The number of amides is 1. The molecule has 0 aromatic heterocycles. The minimum absolute atomic E-state index is 0.194. The van der Waals surface area contributed by atoms with Crippen LogP contribution >= 0.6 is 0 Å².